The monoisotopic (exact) mass is 251 g/mol. The van der Waals surface area contributed by atoms with E-state index >= 15 is 0 Å². The van der Waals surface area contributed by atoms with E-state index in [1.165, 1.54) is 12.8 Å². The van der Waals surface area contributed by atoms with Crippen molar-refractivity contribution in [3.8, 4) is 17.2 Å². The number of rotatable bonds is 4. The van der Waals surface area contributed by atoms with Gasteiger partial charge in [0.25, 0.3) is 0 Å². The first-order valence-corrected chi connectivity index (χ1v) is 6.39. The Morgan fingerprint density at radius 3 is 2.56 bits per heavy atom. The van der Waals surface area contributed by atoms with Crippen molar-refractivity contribution in [1.29, 1.82) is 0 Å². The molecule has 4 heteroatoms. The van der Waals surface area contributed by atoms with Crippen LogP contribution in [-0.2, 0) is 6.42 Å². The highest BCUT2D eigenvalue weighted by Gasteiger charge is 2.18. The van der Waals surface area contributed by atoms with E-state index in [1.54, 1.807) is 26.4 Å². The summed E-state index contributed by atoms with van der Waals surface area (Å²) in [5.74, 6) is 2.22. The molecule has 2 N–H and O–H groups in total. The third kappa shape index (κ3) is 2.88. The summed E-state index contributed by atoms with van der Waals surface area (Å²) in [5, 5.41) is 13.1. The van der Waals surface area contributed by atoms with Crippen molar-refractivity contribution < 1.29 is 14.6 Å². The maximum atomic E-state index is 9.73. The molecule has 0 saturated carbocycles. The number of aromatic hydroxyl groups is 1. The van der Waals surface area contributed by atoms with Crippen LogP contribution in [0.5, 0.6) is 17.2 Å². The molecule has 100 valence electrons. The number of benzene rings is 1. The summed E-state index contributed by atoms with van der Waals surface area (Å²) in [5.41, 5.74) is 1.03. The predicted octanol–water partition coefficient (Wildman–Crippen LogP) is 1.95. The summed E-state index contributed by atoms with van der Waals surface area (Å²) in [6.45, 7) is 2.14. The Hall–Kier alpha value is -1.42. The van der Waals surface area contributed by atoms with Gasteiger partial charge in [0.15, 0.2) is 11.5 Å². The van der Waals surface area contributed by atoms with Gasteiger partial charge in [-0.25, -0.2) is 0 Å². The number of hydrogen-bond acceptors (Lipinski definition) is 4. The Bertz CT molecular complexity index is 400. The molecule has 18 heavy (non-hydrogen) atoms. The Labute approximate surface area is 108 Å². The van der Waals surface area contributed by atoms with E-state index in [9.17, 15) is 5.11 Å². The van der Waals surface area contributed by atoms with Crippen molar-refractivity contribution in [1.82, 2.24) is 5.32 Å². The van der Waals surface area contributed by atoms with E-state index in [2.05, 4.69) is 5.32 Å². The van der Waals surface area contributed by atoms with Crippen LogP contribution in [0.4, 0.5) is 0 Å². The van der Waals surface area contributed by atoms with Gasteiger partial charge in [0.05, 0.1) is 14.2 Å². The normalized spacial score (nSPS) is 16.6. The first-order chi connectivity index (χ1) is 8.74. The van der Waals surface area contributed by atoms with Crippen LogP contribution in [0.15, 0.2) is 12.1 Å². The molecule has 0 aliphatic carbocycles. The lowest BCUT2D eigenvalue weighted by Crippen LogP contribution is -2.28. The van der Waals surface area contributed by atoms with E-state index < -0.39 is 0 Å². The average molecular weight is 251 g/mol. The molecule has 1 aliphatic rings. The summed E-state index contributed by atoms with van der Waals surface area (Å²) < 4.78 is 10.7. The number of nitrogens with one attached hydrogen (secondary N) is 1. The second-order valence-electron chi connectivity index (χ2n) is 4.74. The van der Waals surface area contributed by atoms with Crippen molar-refractivity contribution in [2.45, 2.75) is 19.3 Å². The van der Waals surface area contributed by atoms with Gasteiger partial charge in [-0.15, -0.1) is 0 Å². The molecular formula is C14H21NO3. The Balaban J connectivity index is 2.21. The zero-order valence-corrected chi connectivity index (χ0v) is 11.0. The largest absolute Gasteiger partial charge is 0.508 e. The van der Waals surface area contributed by atoms with Crippen LogP contribution in [0.3, 0.4) is 0 Å². The second-order valence-corrected chi connectivity index (χ2v) is 4.74. The van der Waals surface area contributed by atoms with Gasteiger partial charge >= 0.3 is 0 Å². The Morgan fingerprint density at radius 2 is 1.94 bits per heavy atom. The van der Waals surface area contributed by atoms with Crippen LogP contribution < -0.4 is 14.8 Å². The van der Waals surface area contributed by atoms with Crippen LogP contribution >= 0.6 is 0 Å². The molecule has 0 radical (unpaired) electrons. The number of methoxy groups -OCH3 is 2. The van der Waals surface area contributed by atoms with Crippen molar-refractivity contribution in [2.24, 2.45) is 5.92 Å². The minimum absolute atomic E-state index is 0.233. The lowest BCUT2D eigenvalue weighted by atomic mass is 9.90. The van der Waals surface area contributed by atoms with Crippen molar-refractivity contribution in [3.05, 3.63) is 17.7 Å². The lowest BCUT2D eigenvalue weighted by Gasteiger charge is -2.23. The zero-order valence-electron chi connectivity index (χ0n) is 11.0. The molecule has 1 aromatic rings. The number of ether oxygens (including phenoxy) is 2. The van der Waals surface area contributed by atoms with E-state index in [1.807, 2.05) is 0 Å². The van der Waals surface area contributed by atoms with Gasteiger partial charge in [0.2, 0.25) is 0 Å². The minimum atomic E-state index is 0.233. The van der Waals surface area contributed by atoms with Crippen molar-refractivity contribution >= 4 is 0 Å². The molecule has 0 atom stereocenters. The molecule has 2 rings (SSSR count). The Kier molecular flexibility index (Phi) is 4.31. The minimum Gasteiger partial charge on any atom is -0.508 e. The molecule has 1 aromatic carbocycles. The average Bonchev–Trinajstić information content (AvgIpc) is 2.39. The van der Waals surface area contributed by atoms with Gasteiger partial charge in [-0.1, -0.05) is 0 Å². The Morgan fingerprint density at radius 1 is 1.22 bits per heavy atom. The van der Waals surface area contributed by atoms with E-state index in [-0.39, 0.29) is 5.75 Å². The van der Waals surface area contributed by atoms with Crippen LogP contribution in [0.2, 0.25) is 0 Å². The SMILES string of the molecule is COc1cc(O)cc(CC2CCNCC2)c1OC. The molecule has 4 nitrogen and oxygen atoms in total. The molecule has 0 bridgehead atoms. The fourth-order valence-electron chi connectivity index (χ4n) is 2.58. The quantitative estimate of drug-likeness (QED) is 0.859. The van der Waals surface area contributed by atoms with Gasteiger partial charge in [-0.05, 0) is 44.3 Å². The van der Waals surface area contributed by atoms with Crippen molar-refractivity contribution in [2.75, 3.05) is 27.3 Å². The van der Waals surface area contributed by atoms with E-state index in [4.69, 9.17) is 9.47 Å². The molecule has 1 heterocycles. The van der Waals surface area contributed by atoms with E-state index in [0.717, 1.165) is 30.8 Å². The number of phenols is 1. The molecule has 0 spiro atoms. The maximum Gasteiger partial charge on any atom is 0.164 e. The molecular weight excluding hydrogens is 230 g/mol. The van der Waals surface area contributed by atoms with Gasteiger partial charge < -0.3 is 19.9 Å². The summed E-state index contributed by atoms with van der Waals surface area (Å²) in [6.07, 6.45) is 3.26. The fraction of sp³-hybridized carbons (Fsp3) is 0.571. The first kappa shape index (κ1) is 13.0. The highest BCUT2D eigenvalue weighted by Crippen LogP contribution is 2.37. The molecule has 1 saturated heterocycles. The second kappa shape index (κ2) is 5.96. The van der Waals surface area contributed by atoms with Crippen molar-refractivity contribution in [3.63, 3.8) is 0 Å². The number of hydrogen-bond donors (Lipinski definition) is 2. The van der Waals surface area contributed by atoms with E-state index in [0.29, 0.717) is 11.7 Å². The lowest BCUT2D eigenvalue weighted by molar-refractivity contribution is 0.336. The summed E-state index contributed by atoms with van der Waals surface area (Å²) >= 11 is 0. The molecule has 1 aliphatic heterocycles. The number of piperidine rings is 1. The molecule has 1 fully saturated rings. The highest BCUT2D eigenvalue weighted by molar-refractivity contribution is 5.51. The highest BCUT2D eigenvalue weighted by atomic mass is 16.5. The molecule has 0 unspecified atom stereocenters. The zero-order chi connectivity index (χ0) is 13.0. The van der Waals surface area contributed by atoms with Crippen LogP contribution in [-0.4, -0.2) is 32.4 Å². The van der Waals surface area contributed by atoms with Gasteiger partial charge in [-0.2, -0.15) is 0 Å². The third-order valence-electron chi connectivity index (χ3n) is 3.51. The van der Waals surface area contributed by atoms with Gasteiger partial charge in [0, 0.05) is 11.6 Å². The third-order valence-corrected chi connectivity index (χ3v) is 3.51. The fourth-order valence-corrected chi connectivity index (χ4v) is 2.58. The summed E-state index contributed by atoms with van der Waals surface area (Å²) in [4.78, 5) is 0. The number of phenolic OH excluding ortho intramolecular Hbond substituents is 1. The van der Waals surface area contributed by atoms with Gasteiger partial charge in [-0.3, -0.25) is 0 Å². The van der Waals surface area contributed by atoms with Crippen LogP contribution in [0, 0.1) is 5.92 Å². The molecule has 0 amide bonds. The summed E-state index contributed by atoms with van der Waals surface area (Å²) in [7, 11) is 3.23. The van der Waals surface area contributed by atoms with Gasteiger partial charge in [0.1, 0.15) is 5.75 Å². The standard InChI is InChI=1S/C14H21NO3/c1-17-13-9-12(16)8-11(14(13)18-2)7-10-3-5-15-6-4-10/h8-10,15-16H,3-7H2,1-2H3. The smallest absolute Gasteiger partial charge is 0.164 e. The van der Waals surface area contributed by atoms with Crippen LogP contribution in [0.25, 0.3) is 0 Å². The first-order valence-electron chi connectivity index (χ1n) is 6.39. The summed E-state index contributed by atoms with van der Waals surface area (Å²) in [6, 6.07) is 3.37. The maximum absolute atomic E-state index is 9.73. The predicted molar refractivity (Wildman–Crippen MR) is 70.5 cm³/mol. The van der Waals surface area contributed by atoms with Crippen LogP contribution in [0.1, 0.15) is 18.4 Å². The topological polar surface area (TPSA) is 50.7 Å². The molecule has 0 aromatic heterocycles.